The van der Waals surface area contributed by atoms with E-state index in [0.29, 0.717) is 0 Å². The highest BCUT2D eigenvalue weighted by Crippen LogP contribution is 2.22. The summed E-state index contributed by atoms with van der Waals surface area (Å²) in [5.41, 5.74) is 3.14. The van der Waals surface area contributed by atoms with Crippen molar-refractivity contribution in [2.24, 2.45) is 0 Å². The summed E-state index contributed by atoms with van der Waals surface area (Å²) in [5.74, 6) is 0. The lowest BCUT2D eigenvalue weighted by Gasteiger charge is -2.28. The van der Waals surface area contributed by atoms with Crippen LogP contribution in [0.4, 0.5) is 16.2 Å². The lowest BCUT2D eigenvalue weighted by molar-refractivity contribution is 0.249. The molecule has 4 nitrogen and oxygen atoms in total. The molecule has 126 valence electrons. The van der Waals surface area contributed by atoms with E-state index in [-0.39, 0.29) is 12.1 Å². The van der Waals surface area contributed by atoms with Crippen LogP contribution >= 0.6 is 0 Å². The van der Waals surface area contributed by atoms with Crippen LogP contribution in [0.5, 0.6) is 0 Å². The van der Waals surface area contributed by atoms with Crippen molar-refractivity contribution in [3.8, 4) is 0 Å². The van der Waals surface area contributed by atoms with Gasteiger partial charge in [-0.25, -0.2) is 4.79 Å². The highest BCUT2D eigenvalue weighted by Gasteiger charge is 2.12. The Morgan fingerprint density at radius 3 is 2.29 bits per heavy atom. The Labute approximate surface area is 143 Å². The number of piperidine rings is 1. The summed E-state index contributed by atoms with van der Waals surface area (Å²) in [5, 5.41) is 5.87. The molecule has 1 fully saturated rings. The summed E-state index contributed by atoms with van der Waals surface area (Å²) in [6.07, 6.45) is 3.86. The topological polar surface area (TPSA) is 44.4 Å². The number of amides is 2. The van der Waals surface area contributed by atoms with Crippen LogP contribution in [-0.2, 0) is 0 Å². The average molecular weight is 323 g/mol. The number of nitrogens with zero attached hydrogens (tertiary/aromatic N) is 1. The van der Waals surface area contributed by atoms with Gasteiger partial charge in [-0.05, 0) is 56.0 Å². The van der Waals surface area contributed by atoms with Crippen molar-refractivity contribution in [3.05, 3.63) is 60.2 Å². The molecule has 4 heteroatoms. The molecule has 2 N–H and O–H groups in total. The molecule has 1 aliphatic heterocycles. The number of rotatable bonds is 4. The second-order valence-corrected chi connectivity index (χ2v) is 6.33. The number of hydrogen-bond donors (Lipinski definition) is 2. The molecule has 0 aliphatic carbocycles. The van der Waals surface area contributed by atoms with Gasteiger partial charge in [0.1, 0.15) is 0 Å². The minimum atomic E-state index is -0.183. The second-order valence-electron chi connectivity index (χ2n) is 6.33. The molecular formula is C20H25N3O. The fraction of sp³-hybridized carbons (Fsp3) is 0.350. The van der Waals surface area contributed by atoms with Crippen molar-refractivity contribution in [2.75, 3.05) is 23.3 Å². The molecule has 1 aliphatic rings. The van der Waals surface area contributed by atoms with Crippen LogP contribution in [-0.4, -0.2) is 19.1 Å². The summed E-state index contributed by atoms with van der Waals surface area (Å²) >= 11 is 0. The lowest BCUT2D eigenvalue weighted by Crippen LogP contribution is -2.31. The monoisotopic (exact) mass is 323 g/mol. The van der Waals surface area contributed by atoms with Crippen molar-refractivity contribution in [1.29, 1.82) is 0 Å². The van der Waals surface area contributed by atoms with E-state index in [4.69, 9.17) is 0 Å². The Morgan fingerprint density at radius 1 is 0.958 bits per heavy atom. The molecule has 3 rings (SSSR count). The largest absolute Gasteiger partial charge is 0.372 e. The highest BCUT2D eigenvalue weighted by atomic mass is 16.2. The maximum atomic E-state index is 12.2. The molecule has 1 saturated heterocycles. The molecule has 2 aromatic rings. The average Bonchev–Trinajstić information content (AvgIpc) is 2.64. The third kappa shape index (κ3) is 4.28. The zero-order chi connectivity index (χ0) is 16.8. The van der Waals surface area contributed by atoms with E-state index < -0.39 is 0 Å². The fourth-order valence-electron chi connectivity index (χ4n) is 3.10. The number of nitrogens with one attached hydrogen (secondary N) is 2. The molecule has 2 amide bonds. The summed E-state index contributed by atoms with van der Waals surface area (Å²) in [4.78, 5) is 14.6. The first-order valence-corrected chi connectivity index (χ1v) is 8.70. The first-order chi connectivity index (χ1) is 11.7. The molecule has 1 heterocycles. The number of benzene rings is 2. The molecule has 1 unspecified atom stereocenters. The van der Waals surface area contributed by atoms with E-state index in [1.54, 1.807) is 0 Å². The Kier molecular flexibility index (Phi) is 5.36. The van der Waals surface area contributed by atoms with Crippen molar-refractivity contribution in [3.63, 3.8) is 0 Å². The maximum Gasteiger partial charge on any atom is 0.319 e. The van der Waals surface area contributed by atoms with Gasteiger partial charge in [0, 0.05) is 24.5 Å². The number of hydrogen-bond acceptors (Lipinski definition) is 2. The van der Waals surface area contributed by atoms with Crippen LogP contribution in [0.2, 0.25) is 0 Å². The highest BCUT2D eigenvalue weighted by molar-refractivity contribution is 5.89. The van der Waals surface area contributed by atoms with Gasteiger partial charge in [0.15, 0.2) is 0 Å². The molecule has 0 saturated carbocycles. The van der Waals surface area contributed by atoms with E-state index in [1.165, 1.54) is 24.9 Å². The van der Waals surface area contributed by atoms with Gasteiger partial charge >= 0.3 is 6.03 Å². The molecule has 0 spiro atoms. The Hall–Kier alpha value is -2.49. The Morgan fingerprint density at radius 2 is 1.62 bits per heavy atom. The fourth-order valence-corrected chi connectivity index (χ4v) is 3.10. The van der Waals surface area contributed by atoms with Crippen LogP contribution in [0.15, 0.2) is 54.6 Å². The normalized spacial score (nSPS) is 15.6. The van der Waals surface area contributed by atoms with Gasteiger partial charge in [-0.2, -0.15) is 0 Å². The van der Waals surface area contributed by atoms with Crippen LogP contribution in [0.25, 0.3) is 0 Å². The predicted molar refractivity (Wildman–Crippen MR) is 99.5 cm³/mol. The number of carbonyl (C=O) groups excluding carboxylic acids is 1. The third-order valence-corrected chi connectivity index (χ3v) is 4.49. The molecule has 24 heavy (non-hydrogen) atoms. The van der Waals surface area contributed by atoms with Crippen LogP contribution in [0.1, 0.15) is 37.8 Å². The van der Waals surface area contributed by atoms with E-state index in [0.717, 1.165) is 24.3 Å². The first kappa shape index (κ1) is 16.4. The Bertz CT molecular complexity index is 648. The number of urea groups is 1. The molecule has 1 atom stereocenters. The molecule has 0 bridgehead atoms. The van der Waals surface area contributed by atoms with Crippen molar-refractivity contribution >= 4 is 17.4 Å². The standard InChI is InChI=1S/C20H25N3O/c1-16(17-8-4-2-5-9-17)21-20(24)22-18-10-12-19(13-11-18)23-14-6-3-7-15-23/h2,4-5,8-13,16H,3,6-7,14-15H2,1H3,(H2,21,22,24). The van der Waals surface area contributed by atoms with Crippen LogP contribution in [0, 0.1) is 0 Å². The van der Waals surface area contributed by atoms with E-state index in [9.17, 15) is 4.79 Å². The minimum absolute atomic E-state index is 0.0289. The van der Waals surface area contributed by atoms with Crippen LogP contribution in [0.3, 0.4) is 0 Å². The molecule has 0 radical (unpaired) electrons. The predicted octanol–water partition coefficient (Wildman–Crippen LogP) is 4.56. The SMILES string of the molecule is CC(NC(=O)Nc1ccc(N2CCCCC2)cc1)c1ccccc1. The van der Waals surface area contributed by atoms with Gasteiger partial charge in [0.05, 0.1) is 6.04 Å². The van der Waals surface area contributed by atoms with Crippen molar-refractivity contribution in [2.45, 2.75) is 32.2 Å². The van der Waals surface area contributed by atoms with E-state index >= 15 is 0 Å². The van der Waals surface area contributed by atoms with Gasteiger partial charge in [-0.1, -0.05) is 30.3 Å². The van der Waals surface area contributed by atoms with Gasteiger partial charge in [0.25, 0.3) is 0 Å². The van der Waals surface area contributed by atoms with E-state index in [2.05, 4.69) is 27.7 Å². The molecule has 0 aromatic heterocycles. The lowest BCUT2D eigenvalue weighted by atomic mass is 10.1. The molecular weight excluding hydrogens is 298 g/mol. The van der Waals surface area contributed by atoms with Gasteiger partial charge < -0.3 is 15.5 Å². The van der Waals surface area contributed by atoms with Gasteiger partial charge in [-0.15, -0.1) is 0 Å². The minimum Gasteiger partial charge on any atom is -0.372 e. The van der Waals surface area contributed by atoms with Gasteiger partial charge in [0.2, 0.25) is 0 Å². The van der Waals surface area contributed by atoms with E-state index in [1.807, 2.05) is 49.4 Å². The number of carbonyl (C=O) groups is 1. The Balaban J connectivity index is 1.54. The number of anilines is 2. The van der Waals surface area contributed by atoms with Crippen LogP contribution < -0.4 is 15.5 Å². The zero-order valence-electron chi connectivity index (χ0n) is 14.2. The third-order valence-electron chi connectivity index (χ3n) is 4.49. The maximum absolute atomic E-state index is 12.2. The second kappa shape index (κ2) is 7.86. The summed E-state index contributed by atoms with van der Waals surface area (Å²) < 4.78 is 0. The zero-order valence-corrected chi connectivity index (χ0v) is 14.2. The summed E-state index contributed by atoms with van der Waals surface area (Å²) in [6, 6.07) is 17.8. The van der Waals surface area contributed by atoms with Gasteiger partial charge in [-0.3, -0.25) is 0 Å². The summed E-state index contributed by atoms with van der Waals surface area (Å²) in [6.45, 7) is 4.23. The van der Waals surface area contributed by atoms with Crippen molar-refractivity contribution < 1.29 is 4.79 Å². The van der Waals surface area contributed by atoms with Crippen molar-refractivity contribution in [1.82, 2.24) is 5.32 Å². The smallest absolute Gasteiger partial charge is 0.319 e. The quantitative estimate of drug-likeness (QED) is 0.866. The first-order valence-electron chi connectivity index (χ1n) is 8.70. The molecule has 2 aromatic carbocycles. The summed E-state index contributed by atoms with van der Waals surface area (Å²) in [7, 11) is 0.